The van der Waals surface area contributed by atoms with E-state index in [0.717, 1.165) is 16.7 Å². The average molecular weight is 480 g/mol. The molecule has 0 spiro atoms. The number of hydrogen-bond acceptors (Lipinski definition) is 5. The van der Waals surface area contributed by atoms with Crippen LogP contribution in [0.3, 0.4) is 0 Å². The van der Waals surface area contributed by atoms with Crippen LogP contribution in [0.5, 0.6) is 11.5 Å². The zero-order chi connectivity index (χ0) is 24.7. The fraction of sp³-hybridized carbons (Fsp3) is 0.192. The molecule has 176 valence electrons. The summed E-state index contributed by atoms with van der Waals surface area (Å²) in [6.45, 7) is 5.68. The Hall–Kier alpha value is -3.84. The second-order valence-electron chi connectivity index (χ2n) is 7.74. The fourth-order valence-electron chi connectivity index (χ4n) is 3.04. The molecular weight excluding hydrogens is 454 g/mol. The van der Waals surface area contributed by atoms with Crippen LogP contribution >= 0.6 is 11.6 Å². The lowest BCUT2D eigenvalue weighted by atomic mass is 10.1. The van der Waals surface area contributed by atoms with Gasteiger partial charge < -0.3 is 14.8 Å². The number of anilines is 1. The first-order valence-corrected chi connectivity index (χ1v) is 10.9. The number of carbonyl (C=O) groups is 2. The van der Waals surface area contributed by atoms with Gasteiger partial charge >= 0.3 is 0 Å². The lowest BCUT2D eigenvalue weighted by molar-refractivity contribution is -0.118. The summed E-state index contributed by atoms with van der Waals surface area (Å²) in [6, 6.07) is 16.1. The van der Waals surface area contributed by atoms with Crippen molar-refractivity contribution >= 4 is 35.3 Å². The molecule has 2 amide bonds. The van der Waals surface area contributed by atoms with Crippen LogP contribution in [0, 0.1) is 20.8 Å². The number of aryl methyl sites for hydroxylation is 3. The van der Waals surface area contributed by atoms with Crippen LogP contribution in [0.4, 0.5) is 5.69 Å². The topological polar surface area (TPSA) is 89.0 Å². The minimum absolute atomic E-state index is 0.236. The minimum Gasteiger partial charge on any atom is -0.493 e. The van der Waals surface area contributed by atoms with E-state index >= 15 is 0 Å². The Labute approximate surface area is 203 Å². The third-order valence-corrected chi connectivity index (χ3v) is 5.36. The molecular formula is C26H26ClN3O4. The molecule has 3 rings (SSSR count). The molecule has 0 fully saturated rings. The third-order valence-electron chi connectivity index (χ3n) is 5.08. The van der Waals surface area contributed by atoms with Crippen molar-refractivity contribution in [3.63, 3.8) is 0 Å². The molecule has 7 nitrogen and oxygen atoms in total. The van der Waals surface area contributed by atoms with Gasteiger partial charge in [-0.1, -0.05) is 35.4 Å². The summed E-state index contributed by atoms with van der Waals surface area (Å²) >= 11 is 6.36. The van der Waals surface area contributed by atoms with Gasteiger partial charge in [-0.2, -0.15) is 5.10 Å². The second-order valence-corrected chi connectivity index (χ2v) is 8.14. The van der Waals surface area contributed by atoms with Crippen LogP contribution in [0.15, 0.2) is 59.7 Å². The minimum atomic E-state index is -0.330. The summed E-state index contributed by atoms with van der Waals surface area (Å²) in [6.07, 6.45) is 1.44. The van der Waals surface area contributed by atoms with E-state index in [9.17, 15) is 9.59 Å². The molecule has 0 bridgehead atoms. The molecule has 0 aliphatic carbocycles. The SMILES string of the molecule is COc1cc(/C=N/NC(=O)c2ccc(C)cc2)cc(Cl)c1OCC(=O)Nc1ccc(C)c(C)c1. The Bertz CT molecular complexity index is 1220. The van der Waals surface area contributed by atoms with Crippen molar-refractivity contribution in [2.24, 2.45) is 5.10 Å². The van der Waals surface area contributed by atoms with E-state index in [0.29, 0.717) is 22.6 Å². The van der Waals surface area contributed by atoms with Crippen molar-refractivity contribution in [2.45, 2.75) is 20.8 Å². The molecule has 3 aromatic rings. The normalized spacial score (nSPS) is 10.7. The van der Waals surface area contributed by atoms with Crippen molar-refractivity contribution < 1.29 is 19.1 Å². The number of amides is 2. The number of carbonyl (C=O) groups excluding carboxylic acids is 2. The molecule has 0 aromatic heterocycles. The molecule has 0 aliphatic heterocycles. The predicted octanol–water partition coefficient (Wildman–Crippen LogP) is 5.06. The van der Waals surface area contributed by atoms with E-state index < -0.39 is 0 Å². The van der Waals surface area contributed by atoms with Crippen molar-refractivity contribution in [3.05, 3.63) is 87.4 Å². The van der Waals surface area contributed by atoms with Gasteiger partial charge in [0.2, 0.25) is 0 Å². The number of nitrogens with one attached hydrogen (secondary N) is 2. The number of hydrazone groups is 1. The van der Waals surface area contributed by atoms with E-state index in [1.165, 1.54) is 13.3 Å². The lowest BCUT2D eigenvalue weighted by Gasteiger charge is -2.13. The molecule has 2 N–H and O–H groups in total. The summed E-state index contributed by atoms with van der Waals surface area (Å²) in [7, 11) is 1.47. The molecule has 8 heteroatoms. The van der Waals surface area contributed by atoms with E-state index in [2.05, 4.69) is 15.8 Å². The van der Waals surface area contributed by atoms with Gasteiger partial charge in [-0.15, -0.1) is 0 Å². The third kappa shape index (κ3) is 6.59. The highest BCUT2D eigenvalue weighted by Crippen LogP contribution is 2.36. The zero-order valence-corrected chi connectivity index (χ0v) is 20.2. The first-order chi connectivity index (χ1) is 16.3. The van der Waals surface area contributed by atoms with E-state index in [-0.39, 0.29) is 29.2 Å². The van der Waals surface area contributed by atoms with Gasteiger partial charge in [-0.05, 0) is 73.9 Å². The molecule has 0 saturated carbocycles. The number of methoxy groups -OCH3 is 1. The van der Waals surface area contributed by atoms with Crippen LogP contribution in [-0.4, -0.2) is 31.7 Å². The van der Waals surface area contributed by atoms with Crippen LogP contribution in [0.1, 0.15) is 32.6 Å². The van der Waals surface area contributed by atoms with Crippen LogP contribution in [-0.2, 0) is 4.79 Å². The molecule has 0 atom stereocenters. The van der Waals surface area contributed by atoms with Gasteiger partial charge in [0.25, 0.3) is 11.8 Å². The van der Waals surface area contributed by atoms with Crippen LogP contribution in [0.2, 0.25) is 5.02 Å². The highest BCUT2D eigenvalue weighted by Gasteiger charge is 2.14. The summed E-state index contributed by atoms with van der Waals surface area (Å²) in [5, 5.41) is 7.01. The number of halogens is 1. The summed E-state index contributed by atoms with van der Waals surface area (Å²) in [5.41, 5.74) is 7.53. The number of rotatable bonds is 8. The molecule has 3 aromatic carbocycles. The molecule has 0 radical (unpaired) electrons. The zero-order valence-electron chi connectivity index (χ0n) is 19.4. The Morgan fingerprint density at radius 3 is 2.41 bits per heavy atom. The smallest absolute Gasteiger partial charge is 0.271 e. The van der Waals surface area contributed by atoms with E-state index in [1.54, 1.807) is 24.3 Å². The first kappa shape index (κ1) is 24.8. The Morgan fingerprint density at radius 1 is 1.00 bits per heavy atom. The Morgan fingerprint density at radius 2 is 1.74 bits per heavy atom. The largest absolute Gasteiger partial charge is 0.493 e. The maximum Gasteiger partial charge on any atom is 0.271 e. The molecule has 0 unspecified atom stereocenters. The highest BCUT2D eigenvalue weighted by atomic mass is 35.5. The number of hydrogen-bond donors (Lipinski definition) is 2. The Kier molecular flexibility index (Phi) is 8.27. The molecule has 0 saturated heterocycles. The number of benzene rings is 3. The van der Waals surface area contributed by atoms with Gasteiger partial charge in [-0.25, -0.2) is 5.43 Å². The van der Waals surface area contributed by atoms with E-state index in [4.69, 9.17) is 21.1 Å². The van der Waals surface area contributed by atoms with Crippen LogP contribution < -0.4 is 20.2 Å². The van der Waals surface area contributed by atoms with Gasteiger partial charge in [0.05, 0.1) is 18.3 Å². The predicted molar refractivity (Wildman–Crippen MR) is 134 cm³/mol. The maximum absolute atomic E-state index is 12.3. The van der Waals surface area contributed by atoms with Gasteiger partial charge in [-0.3, -0.25) is 9.59 Å². The van der Waals surface area contributed by atoms with Crippen molar-refractivity contribution in [1.82, 2.24) is 5.43 Å². The Balaban J connectivity index is 1.62. The van der Waals surface area contributed by atoms with Gasteiger partial charge in [0, 0.05) is 11.3 Å². The van der Waals surface area contributed by atoms with Crippen molar-refractivity contribution in [1.29, 1.82) is 0 Å². The fourth-order valence-corrected chi connectivity index (χ4v) is 3.32. The molecule has 0 aliphatic rings. The number of ether oxygens (including phenoxy) is 2. The quantitative estimate of drug-likeness (QED) is 0.349. The lowest BCUT2D eigenvalue weighted by Crippen LogP contribution is -2.20. The molecule has 34 heavy (non-hydrogen) atoms. The summed E-state index contributed by atoms with van der Waals surface area (Å²) in [4.78, 5) is 24.5. The van der Waals surface area contributed by atoms with Gasteiger partial charge in [0.15, 0.2) is 18.1 Å². The van der Waals surface area contributed by atoms with Gasteiger partial charge in [0.1, 0.15) is 0 Å². The highest BCUT2D eigenvalue weighted by molar-refractivity contribution is 6.32. The van der Waals surface area contributed by atoms with Crippen molar-refractivity contribution in [2.75, 3.05) is 19.0 Å². The van der Waals surface area contributed by atoms with Crippen LogP contribution in [0.25, 0.3) is 0 Å². The molecule has 0 heterocycles. The van der Waals surface area contributed by atoms with Crippen molar-refractivity contribution in [3.8, 4) is 11.5 Å². The van der Waals surface area contributed by atoms with E-state index in [1.807, 2.05) is 51.1 Å². The number of nitrogens with zero attached hydrogens (tertiary/aromatic N) is 1. The average Bonchev–Trinajstić information content (AvgIpc) is 2.80. The first-order valence-electron chi connectivity index (χ1n) is 10.5. The summed E-state index contributed by atoms with van der Waals surface area (Å²) in [5.74, 6) is -0.0899. The maximum atomic E-state index is 12.3. The second kappa shape index (κ2) is 11.3. The monoisotopic (exact) mass is 479 g/mol. The standard InChI is InChI=1S/C26H26ClN3O4/c1-16-5-8-20(9-6-16)26(32)30-28-14-19-12-22(27)25(23(13-19)33-4)34-15-24(31)29-21-10-7-17(2)18(3)11-21/h5-14H,15H2,1-4H3,(H,29,31)(H,30,32)/b28-14+. The summed E-state index contributed by atoms with van der Waals surface area (Å²) < 4.78 is 11.0.